The molecular weight excluding hydrogens is 240 g/mol. The standard InChI is InChI=1S/C12H16N2O2.ClH/c1-2-5-14-11-4-3-9(7-13)6-10(11)8-16-12(14)15;/h3-4,6H,2,5,7-8,13H2,1H3;1H. The van der Waals surface area contributed by atoms with E-state index >= 15 is 0 Å². The normalized spacial score (nSPS) is 13.8. The number of hydrogen-bond acceptors (Lipinski definition) is 3. The van der Waals surface area contributed by atoms with Gasteiger partial charge in [0.1, 0.15) is 6.61 Å². The van der Waals surface area contributed by atoms with E-state index in [4.69, 9.17) is 10.5 Å². The molecule has 0 spiro atoms. The van der Waals surface area contributed by atoms with Gasteiger partial charge in [-0.15, -0.1) is 12.4 Å². The first-order valence-electron chi connectivity index (χ1n) is 5.52. The van der Waals surface area contributed by atoms with E-state index in [9.17, 15) is 4.79 Å². The molecule has 5 heteroatoms. The number of benzene rings is 1. The number of cyclic esters (lactones) is 1. The van der Waals surface area contributed by atoms with Crippen molar-refractivity contribution in [2.24, 2.45) is 5.73 Å². The molecule has 0 fully saturated rings. The first kappa shape index (κ1) is 13.8. The van der Waals surface area contributed by atoms with Crippen molar-refractivity contribution in [3.63, 3.8) is 0 Å². The van der Waals surface area contributed by atoms with Crippen molar-refractivity contribution in [3.8, 4) is 0 Å². The van der Waals surface area contributed by atoms with Crippen molar-refractivity contribution in [1.29, 1.82) is 0 Å². The molecular formula is C12H17ClN2O2. The molecule has 1 heterocycles. The minimum absolute atomic E-state index is 0. The van der Waals surface area contributed by atoms with Crippen molar-refractivity contribution >= 4 is 24.2 Å². The number of rotatable bonds is 3. The van der Waals surface area contributed by atoms with Crippen molar-refractivity contribution in [3.05, 3.63) is 29.3 Å². The van der Waals surface area contributed by atoms with E-state index in [-0.39, 0.29) is 18.5 Å². The van der Waals surface area contributed by atoms with Gasteiger partial charge in [0.25, 0.3) is 0 Å². The van der Waals surface area contributed by atoms with Gasteiger partial charge >= 0.3 is 6.09 Å². The highest BCUT2D eigenvalue weighted by Crippen LogP contribution is 2.28. The van der Waals surface area contributed by atoms with Gasteiger partial charge in [0.05, 0.1) is 5.69 Å². The van der Waals surface area contributed by atoms with Gasteiger partial charge in [0.2, 0.25) is 0 Å². The van der Waals surface area contributed by atoms with Gasteiger partial charge in [0, 0.05) is 18.7 Å². The second-order valence-corrected chi connectivity index (χ2v) is 3.87. The molecule has 1 aromatic rings. The molecule has 0 radical (unpaired) electrons. The summed E-state index contributed by atoms with van der Waals surface area (Å²) in [6.45, 7) is 3.58. The lowest BCUT2D eigenvalue weighted by molar-refractivity contribution is 0.142. The summed E-state index contributed by atoms with van der Waals surface area (Å²) in [6, 6.07) is 5.91. The van der Waals surface area contributed by atoms with Gasteiger partial charge in [-0.1, -0.05) is 13.0 Å². The van der Waals surface area contributed by atoms with Crippen LogP contribution >= 0.6 is 12.4 Å². The van der Waals surface area contributed by atoms with Crippen LogP contribution in [0.5, 0.6) is 0 Å². The summed E-state index contributed by atoms with van der Waals surface area (Å²) < 4.78 is 5.12. The Morgan fingerprint density at radius 2 is 2.24 bits per heavy atom. The molecule has 0 atom stereocenters. The van der Waals surface area contributed by atoms with Crippen molar-refractivity contribution < 1.29 is 9.53 Å². The predicted octanol–water partition coefficient (Wildman–Crippen LogP) is 2.43. The molecule has 0 bridgehead atoms. The van der Waals surface area contributed by atoms with Crippen LogP contribution in [0.1, 0.15) is 24.5 Å². The number of nitrogens with zero attached hydrogens (tertiary/aromatic N) is 1. The molecule has 1 aliphatic heterocycles. The third kappa shape index (κ3) is 2.70. The fourth-order valence-electron chi connectivity index (χ4n) is 1.90. The van der Waals surface area contributed by atoms with E-state index in [1.165, 1.54) is 0 Å². The summed E-state index contributed by atoms with van der Waals surface area (Å²) in [5.74, 6) is 0. The Labute approximate surface area is 107 Å². The van der Waals surface area contributed by atoms with E-state index < -0.39 is 0 Å². The molecule has 0 unspecified atom stereocenters. The average molecular weight is 257 g/mol. The third-order valence-corrected chi connectivity index (χ3v) is 2.69. The number of fused-ring (bicyclic) bond motifs is 1. The number of anilines is 1. The van der Waals surface area contributed by atoms with Crippen LogP contribution in [0.15, 0.2) is 18.2 Å². The number of ether oxygens (including phenoxy) is 1. The van der Waals surface area contributed by atoms with Crippen LogP contribution in [-0.4, -0.2) is 12.6 Å². The van der Waals surface area contributed by atoms with Gasteiger partial charge in [-0.3, -0.25) is 4.90 Å². The molecule has 1 aromatic carbocycles. The Hall–Kier alpha value is -1.26. The van der Waals surface area contributed by atoms with Gasteiger partial charge in [0.15, 0.2) is 0 Å². The van der Waals surface area contributed by atoms with E-state index in [0.29, 0.717) is 19.7 Å². The minimum Gasteiger partial charge on any atom is -0.444 e. The predicted molar refractivity (Wildman–Crippen MR) is 69.4 cm³/mol. The summed E-state index contributed by atoms with van der Waals surface area (Å²) in [6.07, 6.45) is 0.655. The van der Waals surface area contributed by atoms with E-state index in [1.54, 1.807) is 4.90 Å². The van der Waals surface area contributed by atoms with E-state index in [2.05, 4.69) is 0 Å². The summed E-state index contributed by atoms with van der Waals surface area (Å²) in [7, 11) is 0. The highest BCUT2D eigenvalue weighted by Gasteiger charge is 2.24. The zero-order valence-corrected chi connectivity index (χ0v) is 10.6. The topological polar surface area (TPSA) is 55.6 Å². The van der Waals surface area contributed by atoms with Crippen LogP contribution in [-0.2, 0) is 17.9 Å². The Morgan fingerprint density at radius 1 is 1.47 bits per heavy atom. The maximum atomic E-state index is 11.6. The molecule has 2 N–H and O–H groups in total. The summed E-state index contributed by atoms with van der Waals surface area (Å²) >= 11 is 0. The van der Waals surface area contributed by atoms with Crippen molar-refractivity contribution in [2.45, 2.75) is 26.5 Å². The van der Waals surface area contributed by atoms with Gasteiger partial charge in [-0.2, -0.15) is 0 Å². The molecule has 2 rings (SSSR count). The molecule has 17 heavy (non-hydrogen) atoms. The Morgan fingerprint density at radius 3 is 2.88 bits per heavy atom. The molecule has 0 aliphatic carbocycles. The molecule has 0 aromatic heterocycles. The zero-order chi connectivity index (χ0) is 11.5. The molecule has 1 amide bonds. The highest BCUT2D eigenvalue weighted by molar-refractivity contribution is 5.90. The quantitative estimate of drug-likeness (QED) is 0.904. The van der Waals surface area contributed by atoms with Crippen molar-refractivity contribution in [2.75, 3.05) is 11.4 Å². The first-order chi connectivity index (χ1) is 7.76. The summed E-state index contributed by atoms with van der Waals surface area (Å²) in [5.41, 5.74) is 8.64. The third-order valence-electron chi connectivity index (χ3n) is 2.69. The van der Waals surface area contributed by atoms with Gasteiger partial charge in [-0.05, 0) is 24.1 Å². The van der Waals surface area contributed by atoms with Crippen LogP contribution in [0.2, 0.25) is 0 Å². The summed E-state index contributed by atoms with van der Waals surface area (Å²) in [5, 5.41) is 0. The molecule has 0 saturated heterocycles. The van der Waals surface area contributed by atoms with Crippen LogP contribution in [0.4, 0.5) is 10.5 Å². The van der Waals surface area contributed by atoms with E-state index in [0.717, 1.165) is 23.2 Å². The first-order valence-corrected chi connectivity index (χ1v) is 5.52. The van der Waals surface area contributed by atoms with E-state index in [1.807, 2.05) is 25.1 Å². The maximum absolute atomic E-state index is 11.6. The Balaban J connectivity index is 0.00000144. The van der Waals surface area contributed by atoms with Crippen LogP contribution in [0, 0.1) is 0 Å². The van der Waals surface area contributed by atoms with Crippen LogP contribution < -0.4 is 10.6 Å². The Kier molecular flexibility index (Phi) is 4.78. The minimum atomic E-state index is -0.255. The number of nitrogens with two attached hydrogens (primary N) is 1. The monoisotopic (exact) mass is 256 g/mol. The average Bonchev–Trinajstić information content (AvgIpc) is 2.32. The lowest BCUT2D eigenvalue weighted by atomic mass is 10.1. The van der Waals surface area contributed by atoms with Crippen molar-refractivity contribution in [1.82, 2.24) is 0 Å². The van der Waals surface area contributed by atoms with Crippen LogP contribution in [0.3, 0.4) is 0 Å². The number of carbonyl (C=O) groups is 1. The van der Waals surface area contributed by atoms with Crippen LogP contribution in [0.25, 0.3) is 0 Å². The van der Waals surface area contributed by atoms with Gasteiger partial charge in [-0.25, -0.2) is 4.79 Å². The fourth-order valence-corrected chi connectivity index (χ4v) is 1.90. The highest BCUT2D eigenvalue weighted by atomic mass is 35.5. The maximum Gasteiger partial charge on any atom is 0.414 e. The Bertz CT molecular complexity index is 409. The molecule has 1 aliphatic rings. The molecule has 4 nitrogen and oxygen atoms in total. The SMILES string of the molecule is CCCN1C(=O)OCc2cc(CN)ccc21.Cl. The largest absolute Gasteiger partial charge is 0.444 e. The van der Waals surface area contributed by atoms with Gasteiger partial charge < -0.3 is 10.5 Å². The summed E-state index contributed by atoms with van der Waals surface area (Å²) in [4.78, 5) is 13.3. The zero-order valence-electron chi connectivity index (χ0n) is 9.81. The number of carbonyl (C=O) groups excluding carboxylic acids is 1. The lowest BCUT2D eigenvalue weighted by Gasteiger charge is -2.28. The number of halogens is 1. The molecule has 94 valence electrons. The second-order valence-electron chi connectivity index (χ2n) is 3.87. The molecule has 0 saturated carbocycles. The fraction of sp³-hybridized carbons (Fsp3) is 0.417. The number of amides is 1. The smallest absolute Gasteiger partial charge is 0.414 e. The number of hydrogen-bond donors (Lipinski definition) is 1. The lowest BCUT2D eigenvalue weighted by Crippen LogP contribution is -2.36. The second kappa shape index (κ2) is 5.89.